The van der Waals surface area contributed by atoms with E-state index in [1.165, 1.54) is 0 Å². The maximum atomic E-state index is 11.7. The monoisotopic (exact) mass is 366 g/mol. The Bertz CT molecular complexity index is 663. The van der Waals surface area contributed by atoms with Crippen molar-refractivity contribution in [2.24, 2.45) is 34.0 Å². The van der Waals surface area contributed by atoms with Gasteiger partial charge >= 0.3 is 0 Å². The van der Waals surface area contributed by atoms with E-state index in [4.69, 9.17) is 4.74 Å². The highest BCUT2D eigenvalue weighted by Crippen LogP contribution is 2.77. The van der Waals surface area contributed by atoms with Gasteiger partial charge in [-0.1, -0.05) is 13.5 Å². The molecule has 2 spiro atoms. The lowest BCUT2D eigenvalue weighted by molar-refractivity contribution is -0.461. The van der Waals surface area contributed by atoms with Crippen molar-refractivity contribution in [1.82, 2.24) is 0 Å². The first kappa shape index (κ1) is 17.6. The molecule has 0 unspecified atom stereocenters. The van der Waals surface area contributed by atoms with Crippen LogP contribution in [0.4, 0.5) is 0 Å². The topological polar surface area (TPSA) is 110 Å². The van der Waals surface area contributed by atoms with Gasteiger partial charge in [-0.25, -0.2) is 0 Å². The Balaban J connectivity index is 1.73. The lowest BCUT2D eigenvalue weighted by Gasteiger charge is -2.75. The standard InChI is InChI=1S/C20H30O6/c1-10-11-3-4-12-18-6-5-13(22)17(2,8-21)14(18)16(24)20(25,26-9-18)19(12,7-11)15(10)23/h11-16,21-25H,1,3-9H2,2H3/t11-,12+,13+,14-,15-,16+,17-,18-,19+,20-/m1/s1. The molecule has 4 saturated carbocycles. The van der Waals surface area contributed by atoms with Gasteiger partial charge in [-0.15, -0.1) is 0 Å². The zero-order chi connectivity index (χ0) is 18.7. The lowest BCUT2D eigenvalue weighted by atomic mass is 9.36. The number of hydrogen-bond acceptors (Lipinski definition) is 6. The molecule has 6 heteroatoms. The minimum absolute atomic E-state index is 0.0222. The summed E-state index contributed by atoms with van der Waals surface area (Å²) in [5, 5.41) is 55.0. The zero-order valence-electron chi connectivity index (χ0n) is 15.3. The van der Waals surface area contributed by atoms with E-state index >= 15 is 0 Å². The van der Waals surface area contributed by atoms with Gasteiger partial charge in [0.05, 0.1) is 30.8 Å². The van der Waals surface area contributed by atoms with Crippen molar-refractivity contribution in [3.63, 3.8) is 0 Å². The fourth-order valence-corrected chi connectivity index (χ4v) is 8.09. The van der Waals surface area contributed by atoms with Crippen molar-refractivity contribution < 1.29 is 30.3 Å². The van der Waals surface area contributed by atoms with E-state index in [0.717, 1.165) is 18.4 Å². The van der Waals surface area contributed by atoms with E-state index in [0.29, 0.717) is 25.9 Å². The van der Waals surface area contributed by atoms with Crippen LogP contribution in [0.5, 0.6) is 0 Å². The van der Waals surface area contributed by atoms with Crippen LogP contribution in [0.3, 0.4) is 0 Å². The second-order valence-corrected chi connectivity index (χ2v) is 9.91. The van der Waals surface area contributed by atoms with Gasteiger partial charge < -0.3 is 30.3 Å². The van der Waals surface area contributed by atoms with E-state index in [2.05, 4.69) is 6.58 Å². The number of aliphatic hydroxyl groups is 5. The zero-order valence-corrected chi connectivity index (χ0v) is 15.3. The molecule has 6 nitrogen and oxygen atoms in total. The maximum Gasteiger partial charge on any atom is 0.201 e. The molecule has 2 heterocycles. The number of ether oxygens (including phenoxy) is 1. The van der Waals surface area contributed by atoms with E-state index < -0.39 is 46.3 Å². The number of fused-ring (bicyclic) bond motifs is 2. The van der Waals surface area contributed by atoms with Crippen LogP contribution < -0.4 is 0 Å². The molecule has 6 rings (SSSR count). The van der Waals surface area contributed by atoms with E-state index in [1.807, 2.05) is 0 Å². The van der Waals surface area contributed by atoms with Gasteiger partial charge in [-0.3, -0.25) is 0 Å². The summed E-state index contributed by atoms with van der Waals surface area (Å²) in [6.07, 6.45) is 0.625. The Morgan fingerprint density at radius 2 is 1.92 bits per heavy atom. The van der Waals surface area contributed by atoms with Gasteiger partial charge in [0.1, 0.15) is 6.10 Å². The van der Waals surface area contributed by atoms with Crippen molar-refractivity contribution in [2.45, 2.75) is 63.1 Å². The lowest BCUT2D eigenvalue weighted by Crippen LogP contribution is -2.83. The minimum atomic E-state index is -1.88. The molecule has 2 saturated heterocycles. The fourth-order valence-electron chi connectivity index (χ4n) is 8.09. The number of rotatable bonds is 1. The summed E-state index contributed by atoms with van der Waals surface area (Å²) in [7, 11) is 0. The van der Waals surface area contributed by atoms with Crippen LogP contribution in [0.25, 0.3) is 0 Å². The van der Waals surface area contributed by atoms with Crippen molar-refractivity contribution in [2.75, 3.05) is 13.2 Å². The second kappa shape index (κ2) is 4.91. The normalized spacial score (nSPS) is 63.5. The van der Waals surface area contributed by atoms with Gasteiger partial charge in [0.15, 0.2) is 0 Å². The van der Waals surface area contributed by atoms with Crippen molar-refractivity contribution in [3.05, 3.63) is 12.2 Å². The molecule has 146 valence electrons. The van der Waals surface area contributed by atoms with Crippen LogP contribution in [-0.2, 0) is 4.74 Å². The summed E-state index contributed by atoms with van der Waals surface area (Å²) in [5.74, 6) is -2.23. The first-order chi connectivity index (χ1) is 12.2. The van der Waals surface area contributed by atoms with Crippen LogP contribution in [-0.4, -0.2) is 62.8 Å². The van der Waals surface area contributed by atoms with Gasteiger partial charge in [-0.2, -0.15) is 0 Å². The Hall–Kier alpha value is -0.500. The minimum Gasteiger partial charge on any atom is -0.396 e. The largest absolute Gasteiger partial charge is 0.396 e. The summed E-state index contributed by atoms with van der Waals surface area (Å²) < 4.78 is 5.96. The third-order valence-electron chi connectivity index (χ3n) is 9.33. The third kappa shape index (κ3) is 1.52. The summed E-state index contributed by atoms with van der Waals surface area (Å²) in [5.41, 5.74) is -1.57. The molecule has 0 aromatic heterocycles. The second-order valence-electron chi connectivity index (χ2n) is 9.91. The smallest absolute Gasteiger partial charge is 0.201 e. The highest BCUT2D eigenvalue weighted by molar-refractivity contribution is 5.34. The van der Waals surface area contributed by atoms with Crippen molar-refractivity contribution >= 4 is 0 Å². The Labute approximate surface area is 153 Å². The number of aliphatic hydroxyl groups excluding tert-OH is 4. The molecular formula is C20H30O6. The molecule has 2 aliphatic heterocycles. The first-order valence-corrected chi connectivity index (χ1v) is 9.89. The third-order valence-corrected chi connectivity index (χ3v) is 9.33. The predicted octanol–water partition coefficient (Wildman–Crippen LogP) is 0.169. The molecule has 6 fully saturated rings. The van der Waals surface area contributed by atoms with Crippen molar-refractivity contribution in [3.8, 4) is 0 Å². The van der Waals surface area contributed by atoms with E-state index in [9.17, 15) is 25.5 Å². The molecule has 26 heavy (non-hydrogen) atoms. The fraction of sp³-hybridized carbons (Fsp3) is 0.900. The molecule has 4 aliphatic carbocycles. The molecule has 0 aromatic rings. The predicted molar refractivity (Wildman–Crippen MR) is 91.7 cm³/mol. The van der Waals surface area contributed by atoms with Crippen LogP contribution in [0.15, 0.2) is 12.2 Å². The molecule has 4 bridgehead atoms. The highest BCUT2D eigenvalue weighted by atomic mass is 16.6. The highest BCUT2D eigenvalue weighted by Gasteiger charge is 2.83. The molecule has 6 aliphatic rings. The van der Waals surface area contributed by atoms with Crippen LogP contribution in [0, 0.1) is 34.0 Å². The summed E-state index contributed by atoms with van der Waals surface area (Å²) in [6.45, 7) is 5.92. The van der Waals surface area contributed by atoms with Crippen LogP contribution in [0.1, 0.15) is 39.0 Å². The first-order valence-electron chi connectivity index (χ1n) is 9.89. The van der Waals surface area contributed by atoms with Crippen LogP contribution in [0.2, 0.25) is 0 Å². The molecule has 10 atom stereocenters. The quantitative estimate of drug-likeness (QED) is 0.423. The Morgan fingerprint density at radius 3 is 2.62 bits per heavy atom. The Morgan fingerprint density at radius 1 is 1.19 bits per heavy atom. The van der Waals surface area contributed by atoms with E-state index in [-0.39, 0.29) is 18.4 Å². The Kier molecular flexibility index (Phi) is 3.32. The van der Waals surface area contributed by atoms with Gasteiger partial charge in [0.2, 0.25) is 5.79 Å². The molecule has 0 radical (unpaired) electrons. The number of hydrogen-bond donors (Lipinski definition) is 5. The maximum absolute atomic E-state index is 11.7. The molecule has 0 aromatic carbocycles. The molecule has 0 amide bonds. The van der Waals surface area contributed by atoms with Crippen molar-refractivity contribution in [1.29, 1.82) is 0 Å². The van der Waals surface area contributed by atoms with Gasteiger partial charge in [0.25, 0.3) is 0 Å². The van der Waals surface area contributed by atoms with Gasteiger partial charge in [-0.05, 0) is 49.5 Å². The molecule has 5 N–H and O–H groups in total. The SMILES string of the molecule is C=C1[C@@H]2CC[C@H]3[C@]45CC[C@H](O)[C@@](C)(CO)[C@H]4[C@H](O)[C@@](O)(OC5)[C@]3(C2)[C@@H]1O. The average Bonchev–Trinajstić information content (AvgIpc) is 2.82. The summed E-state index contributed by atoms with van der Waals surface area (Å²) in [6, 6.07) is 0. The van der Waals surface area contributed by atoms with E-state index in [1.54, 1.807) is 6.92 Å². The van der Waals surface area contributed by atoms with Gasteiger partial charge in [0, 0.05) is 16.7 Å². The average molecular weight is 366 g/mol. The summed E-state index contributed by atoms with van der Waals surface area (Å²) in [4.78, 5) is 0. The molecular weight excluding hydrogens is 336 g/mol. The summed E-state index contributed by atoms with van der Waals surface area (Å²) >= 11 is 0. The van der Waals surface area contributed by atoms with Crippen LogP contribution >= 0.6 is 0 Å².